The molecular weight excluding hydrogens is 232 g/mol. The summed E-state index contributed by atoms with van der Waals surface area (Å²) in [4.78, 5) is 27.2. The topological polar surface area (TPSA) is 101 Å². The average molecular weight is 241 g/mol. The Morgan fingerprint density at radius 2 is 2.38 bits per heavy atom. The van der Waals surface area contributed by atoms with Crippen molar-refractivity contribution in [2.75, 3.05) is 18.5 Å². The van der Waals surface area contributed by atoms with E-state index in [1.807, 2.05) is 0 Å². The highest BCUT2D eigenvalue weighted by Crippen LogP contribution is 2.21. The number of carbonyl (C=O) groups is 1. The van der Waals surface area contributed by atoms with Gasteiger partial charge in [-0.2, -0.15) is 9.97 Å². The Labute approximate surface area is 95.6 Å². The van der Waals surface area contributed by atoms with Crippen LogP contribution in [0.3, 0.4) is 0 Å². The van der Waals surface area contributed by atoms with Gasteiger partial charge >= 0.3 is 0 Å². The first-order valence-electron chi connectivity index (χ1n) is 4.44. The predicted octanol–water partition coefficient (Wildman–Crippen LogP) is -0.0722. The molecule has 7 nitrogen and oxygen atoms in total. The molecule has 0 saturated carbocycles. The Balaban J connectivity index is 2.49. The standard InChI is InChI=1S/C8H9ClN6O/c1-15(2-4(10)16)7-5-6(12-3-11-5)13-8(9)14-7/h3H,2H2,1H3,(H2,10,16)(H,11,12,13,14). The summed E-state index contributed by atoms with van der Waals surface area (Å²) < 4.78 is 0. The Bertz CT molecular complexity index is 538. The van der Waals surface area contributed by atoms with E-state index in [1.54, 1.807) is 11.9 Å². The predicted molar refractivity (Wildman–Crippen MR) is 59.2 cm³/mol. The van der Waals surface area contributed by atoms with Crippen molar-refractivity contribution in [3.8, 4) is 0 Å². The fourth-order valence-corrected chi connectivity index (χ4v) is 1.54. The van der Waals surface area contributed by atoms with Crippen LogP contribution in [0.1, 0.15) is 0 Å². The Morgan fingerprint density at radius 1 is 1.62 bits per heavy atom. The van der Waals surface area contributed by atoms with Crippen molar-refractivity contribution in [2.45, 2.75) is 0 Å². The maximum Gasteiger partial charge on any atom is 0.236 e. The minimum atomic E-state index is -0.454. The van der Waals surface area contributed by atoms with Crippen LogP contribution in [0.5, 0.6) is 0 Å². The number of hydrogen-bond donors (Lipinski definition) is 2. The number of aromatic nitrogens is 4. The van der Waals surface area contributed by atoms with Gasteiger partial charge in [0.2, 0.25) is 11.2 Å². The molecule has 3 N–H and O–H groups in total. The number of rotatable bonds is 3. The summed E-state index contributed by atoms with van der Waals surface area (Å²) in [6.07, 6.45) is 1.48. The number of anilines is 1. The Kier molecular flexibility index (Phi) is 2.61. The van der Waals surface area contributed by atoms with Gasteiger partial charge < -0.3 is 15.6 Å². The lowest BCUT2D eigenvalue weighted by atomic mass is 10.4. The van der Waals surface area contributed by atoms with Gasteiger partial charge in [-0.3, -0.25) is 4.79 Å². The molecule has 1 amide bonds. The van der Waals surface area contributed by atoms with Crippen molar-refractivity contribution >= 4 is 34.5 Å². The Hall–Kier alpha value is -1.89. The molecule has 2 aromatic heterocycles. The van der Waals surface area contributed by atoms with Gasteiger partial charge in [-0.05, 0) is 11.6 Å². The summed E-state index contributed by atoms with van der Waals surface area (Å²) in [5, 5.41) is 0.0749. The number of nitrogens with two attached hydrogens (primary N) is 1. The molecule has 0 saturated heterocycles. The number of primary amides is 1. The first kappa shape index (κ1) is 10.6. The number of aromatic amines is 1. The summed E-state index contributed by atoms with van der Waals surface area (Å²) in [5.41, 5.74) is 6.17. The van der Waals surface area contributed by atoms with E-state index in [4.69, 9.17) is 17.3 Å². The van der Waals surface area contributed by atoms with Gasteiger partial charge in [-0.1, -0.05) is 0 Å². The number of halogens is 1. The number of fused-ring (bicyclic) bond motifs is 1. The summed E-state index contributed by atoms with van der Waals surface area (Å²) in [6.45, 7) is 0.0431. The van der Waals surface area contributed by atoms with Crippen molar-refractivity contribution < 1.29 is 4.79 Å². The molecular formula is C8H9ClN6O. The maximum absolute atomic E-state index is 10.8. The molecule has 0 spiro atoms. The van der Waals surface area contributed by atoms with Crippen molar-refractivity contribution in [1.82, 2.24) is 19.9 Å². The van der Waals surface area contributed by atoms with E-state index in [-0.39, 0.29) is 11.8 Å². The third-order valence-corrected chi connectivity index (χ3v) is 2.16. The molecule has 0 radical (unpaired) electrons. The first-order valence-corrected chi connectivity index (χ1v) is 4.82. The van der Waals surface area contributed by atoms with Gasteiger partial charge in [0.15, 0.2) is 11.5 Å². The average Bonchev–Trinajstić information content (AvgIpc) is 2.62. The van der Waals surface area contributed by atoms with Gasteiger partial charge in [0.05, 0.1) is 12.9 Å². The van der Waals surface area contributed by atoms with E-state index >= 15 is 0 Å². The summed E-state index contributed by atoms with van der Waals surface area (Å²) in [7, 11) is 1.68. The highest BCUT2D eigenvalue weighted by atomic mass is 35.5. The second kappa shape index (κ2) is 3.93. The summed E-state index contributed by atoms with van der Waals surface area (Å²) in [5.74, 6) is 0.0381. The van der Waals surface area contributed by atoms with E-state index in [0.717, 1.165) is 0 Å². The lowest BCUT2D eigenvalue weighted by Crippen LogP contribution is -2.31. The number of hydrogen-bond acceptors (Lipinski definition) is 5. The van der Waals surface area contributed by atoms with Crippen LogP contribution in [0.2, 0.25) is 5.28 Å². The smallest absolute Gasteiger partial charge is 0.236 e. The van der Waals surface area contributed by atoms with Crippen LogP contribution in [0.15, 0.2) is 6.33 Å². The quantitative estimate of drug-likeness (QED) is 0.732. The molecule has 0 aliphatic rings. The van der Waals surface area contributed by atoms with Crippen LogP contribution in [0.4, 0.5) is 5.82 Å². The van der Waals surface area contributed by atoms with Gasteiger partial charge in [0.1, 0.15) is 5.52 Å². The van der Waals surface area contributed by atoms with Gasteiger partial charge in [0, 0.05) is 7.05 Å². The van der Waals surface area contributed by atoms with Crippen molar-refractivity contribution in [2.24, 2.45) is 5.73 Å². The molecule has 0 aromatic carbocycles. The van der Waals surface area contributed by atoms with Crippen LogP contribution in [0, 0.1) is 0 Å². The number of carbonyl (C=O) groups excluding carboxylic acids is 1. The molecule has 2 aromatic rings. The molecule has 8 heteroatoms. The Morgan fingerprint density at radius 3 is 3.06 bits per heavy atom. The second-order valence-electron chi connectivity index (χ2n) is 3.24. The zero-order chi connectivity index (χ0) is 11.7. The van der Waals surface area contributed by atoms with Gasteiger partial charge in [0.25, 0.3) is 0 Å². The van der Waals surface area contributed by atoms with Crippen LogP contribution in [0.25, 0.3) is 11.2 Å². The molecule has 2 rings (SSSR count). The molecule has 16 heavy (non-hydrogen) atoms. The van der Waals surface area contributed by atoms with Gasteiger partial charge in [-0.15, -0.1) is 0 Å². The lowest BCUT2D eigenvalue weighted by Gasteiger charge is -2.16. The highest BCUT2D eigenvalue weighted by Gasteiger charge is 2.13. The summed E-state index contributed by atoms with van der Waals surface area (Å²) >= 11 is 5.74. The minimum absolute atomic E-state index is 0.0431. The number of nitrogens with one attached hydrogen (secondary N) is 1. The van der Waals surface area contributed by atoms with Crippen molar-refractivity contribution in [3.05, 3.63) is 11.6 Å². The van der Waals surface area contributed by atoms with E-state index in [1.165, 1.54) is 6.33 Å². The molecule has 0 aliphatic heterocycles. The third-order valence-electron chi connectivity index (χ3n) is 1.99. The van der Waals surface area contributed by atoms with E-state index in [2.05, 4.69) is 19.9 Å². The number of amides is 1. The second-order valence-corrected chi connectivity index (χ2v) is 3.58. The zero-order valence-corrected chi connectivity index (χ0v) is 9.19. The van der Waals surface area contributed by atoms with Crippen molar-refractivity contribution in [3.63, 3.8) is 0 Å². The molecule has 0 atom stereocenters. The number of nitrogens with zero attached hydrogens (tertiary/aromatic N) is 4. The monoisotopic (exact) mass is 240 g/mol. The molecule has 0 unspecified atom stereocenters. The molecule has 84 valence electrons. The molecule has 0 aliphatic carbocycles. The maximum atomic E-state index is 10.8. The fourth-order valence-electron chi connectivity index (χ4n) is 1.38. The molecule has 2 heterocycles. The first-order chi connectivity index (χ1) is 7.58. The number of H-pyrrole nitrogens is 1. The fraction of sp³-hybridized carbons (Fsp3) is 0.250. The lowest BCUT2D eigenvalue weighted by molar-refractivity contribution is -0.116. The largest absolute Gasteiger partial charge is 0.368 e. The SMILES string of the molecule is CN(CC(N)=O)c1nc(Cl)nc2nc[nH]c12. The van der Waals surface area contributed by atoms with E-state index in [9.17, 15) is 4.79 Å². The molecule has 0 fully saturated rings. The number of likely N-dealkylation sites (N-methyl/N-ethyl adjacent to an activating group) is 1. The zero-order valence-electron chi connectivity index (χ0n) is 8.44. The normalized spacial score (nSPS) is 10.6. The van der Waals surface area contributed by atoms with Gasteiger partial charge in [-0.25, -0.2) is 4.98 Å². The van der Waals surface area contributed by atoms with Crippen LogP contribution >= 0.6 is 11.6 Å². The van der Waals surface area contributed by atoms with Crippen LogP contribution in [-0.2, 0) is 4.79 Å². The van der Waals surface area contributed by atoms with Crippen LogP contribution < -0.4 is 10.6 Å². The van der Waals surface area contributed by atoms with E-state index < -0.39 is 5.91 Å². The van der Waals surface area contributed by atoms with Crippen LogP contribution in [-0.4, -0.2) is 39.4 Å². The number of imidazole rings is 1. The molecule has 0 bridgehead atoms. The van der Waals surface area contributed by atoms with Crippen molar-refractivity contribution in [1.29, 1.82) is 0 Å². The van der Waals surface area contributed by atoms with E-state index in [0.29, 0.717) is 17.0 Å². The highest BCUT2D eigenvalue weighted by molar-refractivity contribution is 6.28. The third kappa shape index (κ3) is 1.89. The summed E-state index contributed by atoms with van der Waals surface area (Å²) in [6, 6.07) is 0. The minimum Gasteiger partial charge on any atom is -0.368 e.